The molecule has 2 aromatic heterocycles. The number of carbonyl (C=O) groups excluding carboxylic acids is 1. The van der Waals surface area contributed by atoms with Crippen molar-refractivity contribution in [1.29, 1.82) is 0 Å². The number of pyridine rings is 1. The van der Waals surface area contributed by atoms with Gasteiger partial charge < -0.3 is 4.74 Å². The number of hydrogen-bond acceptors (Lipinski definition) is 7. The minimum atomic E-state index is -3.52. The lowest BCUT2D eigenvalue weighted by Crippen LogP contribution is -2.30. The lowest BCUT2D eigenvalue weighted by molar-refractivity contribution is -0.118. The molecule has 0 fully saturated rings. The number of nitrogens with zero attached hydrogens (tertiary/aromatic N) is 3. The second kappa shape index (κ2) is 10.7. The fourth-order valence-corrected chi connectivity index (χ4v) is 6.09. The van der Waals surface area contributed by atoms with Crippen LogP contribution in [-0.4, -0.2) is 37.2 Å². The van der Waals surface area contributed by atoms with Crippen LogP contribution in [0.1, 0.15) is 24.0 Å². The Bertz CT molecular complexity index is 1440. The largest absolute Gasteiger partial charge is 0.497 e. The molecule has 35 heavy (non-hydrogen) atoms. The van der Waals surface area contributed by atoms with E-state index in [-0.39, 0.29) is 29.4 Å². The zero-order valence-corrected chi connectivity index (χ0v) is 21.7. The third-order valence-electron chi connectivity index (χ3n) is 5.58. The van der Waals surface area contributed by atoms with Crippen LogP contribution in [0.5, 0.6) is 5.75 Å². The van der Waals surface area contributed by atoms with Gasteiger partial charge in [0, 0.05) is 23.8 Å². The highest BCUT2D eigenvalue weighted by molar-refractivity contribution is 7.91. The molecule has 0 aliphatic heterocycles. The number of amides is 1. The van der Waals surface area contributed by atoms with Crippen molar-refractivity contribution in [2.24, 2.45) is 0 Å². The molecule has 0 saturated heterocycles. The zero-order chi connectivity index (χ0) is 25.0. The monoisotopic (exact) mass is 529 g/mol. The minimum absolute atomic E-state index is 0.0656. The van der Waals surface area contributed by atoms with Crippen LogP contribution < -0.4 is 9.64 Å². The fraction of sp³-hybridized carbons (Fsp3) is 0.240. The van der Waals surface area contributed by atoms with Gasteiger partial charge in [-0.2, -0.15) is 0 Å². The first kappa shape index (κ1) is 25.1. The van der Waals surface area contributed by atoms with Crippen LogP contribution in [0.3, 0.4) is 0 Å². The summed E-state index contributed by atoms with van der Waals surface area (Å²) < 4.78 is 31.5. The van der Waals surface area contributed by atoms with Crippen molar-refractivity contribution in [3.63, 3.8) is 0 Å². The first-order valence-corrected chi connectivity index (χ1v) is 13.7. The normalized spacial score (nSPS) is 11.5. The summed E-state index contributed by atoms with van der Waals surface area (Å²) in [5.74, 6) is 0.246. The SMILES string of the molecule is COc1ccc(S(=O)(=O)CCCC(=O)N(Cc2ccncc2)c2nc3c(C)c(Cl)ccc3s2)cc1. The number of anilines is 1. The van der Waals surface area contributed by atoms with Crippen LogP contribution in [0.15, 0.2) is 65.8 Å². The second-order valence-electron chi connectivity index (χ2n) is 7.95. The molecule has 182 valence electrons. The van der Waals surface area contributed by atoms with E-state index >= 15 is 0 Å². The Kier molecular flexibility index (Phi) is 7.69. The lowest BCUT2D eigenvalue weighted by atomic mass is 10.2. The average Bonchev–Trinajstić information content (AvgIpc) is 3.30. The smallest absolute Gasteiger partial charge is 0.229 e. The summed E-state index contributed by atoms with van der Waals surface area (Å²) in [5, 5.41) is 1.16. The highest BCUT2D eigenvalue weighted by Gasteiger charge is 2.22. The summed E-state index contributed by atoms with van der Waals surface area (Å²) in [4.78, 5) is 23.9. The topological polar surface area (TPSA) is 89.5 Å². The summed E-state index contributed by atoms with van der Waals surface area (Å²) in [5.41, 5.74) is 2.51. The van der Waals surface area contributed by atoms with E-state index in [9.17, 15) is 13.2 Å². The van der Waals surface area contributed by atoms with Gasteiger partial charge in [-0.3, -0.25) is 14.7 Å². The maximum atomic E-state index is 13.3. The second-order valence-corrected chi connectivity index (χ2v) is 11.5. The summed E-state index contributed by atoms with van der Waals surface area (Å²) in [6, 6.07) is 13.6. The molecule has 10 heteroatoms. The number of sulfone groups is 1. The van der Waals surface area contributed by atoms with Crippen LogP contribution in [0.25, 0.3) is 10.2 Å². The quantitative estimate of drug-likeness (QED) is 0.286. The zero-order valence-electron chi connectivity index (χ0n) is 19.3. The van der Waals surface area contributed by atoms with Crippen molar-refractivity contribution in [2.75, 3.05) is 17.8 Å². The predicted octanol–water partition coefficient (Wildman–Crippen LogP) is 5.45. The van der Waals surface area contributed by atoms with Gasteiger partial charge in [0.15, 0.2) is 15.0 Å². The molecule has 0 atom stereocenters. The fourth-order valence-electron chi connectivity index (χ4n) is 3.59. The number of halogens is 1. The molecule has 0 N–H and O–H groups in total. The Hall–Kier alpha value is -3.01. The van der Waals surface area contributed by atoms with Gasteiger partial charge in [0.25, 0.3) is 0 Å². The number of methoxy groups -OCH3 is 1. The van der Waals surface area contributed by atoms with Crippen LogP contribution in [-0.2, 0) is 21.2 Å². The number of rotatable bonds is 9. The maximum absolute atomic E-state index is 13.3. The van der Waals surface area contributed by atoms with Crippen LogP contribution in [0, 0.1) is 6.92 Å². The molecule has 0 unspecified atom stereocenters. The third kappa shape index (κ3) is 5.80. The van der Waals surface area contributed by atoms with E-state index in [1.54, 1.807) is 29.4 Å². The molecular weight excluding hydrogens is 506 g/mol. The molecule has 0 aliphatic rings. The van der Waals surface area contributed by atoms with Gasteiger partial charge in [-0.1, -0.05) is 22.9 Å². The number of thiazole rings is 1. The molecule has 2 aromatic carbocycles. The molecule has 0 radical (unpaired) electrons. The molecule has 4 aromatic rings. The molecule has 0 saturated carbocycles. The standard InChI is InChI=1S/C25H24ClN3O4S2/c1-17-21(26)9-10-22-24(17)28-25(34-22)29(16-18-11-13-27-14-12-18)23(30)4-3-15-35(31,32)20-7-5-19(33-2)6-8-20/h5-14H,3-4,15-16H2,1-2H3. The van der Waals surface area contributed by atoms with Gasteiger partial charge in [-0.15, -0.1) is 0 Å². The van der Waals surface area contributed by atoms with E-state index < -0.39 is 9.84 Å². The van der Waals surface area contributed by atoms with Gasteiger partial charge in [-0.25, -0.2) is 13.4 Å². The maximum Gasteiger partial charge on any atom is 0.229 e. The van der Waals surface area contributed by atoms with Crippen molar-refractivity contribution in [3.05, 3.63) is 77.1 Å². The van der Waals surface area contributed by atoms with Crippen molar-refractivity contribution >= 4 is 54.0 Å². The summed E-state index contributed by atoms with van der Waals surface area (Å²) in [7, 11) is -2.00. The van der Waals surface area contributed by atoms with Gasteiger partial charge in [0.2, 0.25) is 5.91 Å². The highest BCUT2D eigenvalue weighted by atomic mass is 35.5. The Labute approximate surface area is 213 Å². The van der Waals surface area contributed by atoms with Crippen molar-refractivity contribution in [3.8, 4) is 5.75 Å². The average molecular weight is 530 g/mol. The van der Waals surface area contributed by atoms with Crippen molar-refractivity contribution < 1.29 is 17.9 Å². The first-order valence-electron chi connectivity index (χ1n) is 10.9. The summed E-state index contributed by atoms with van der Waals surface area (Å²) >= 11 is 7.67. The molecule has 0 aliphatic carbocycles. The predicted molar refractivity (Wildman–Crippen MR) is 139 cm³/mol. The van der Waals surface area contributed by atoms with Gasteiger partial charge in [0.1, 0.15) is 5.75 Å². The summed E-state index contributed by atoms with van der Waals surface area (Å²) in [6.07, 6.45) is 3.59. The molecule has 2 heterocycles. The Morgan fingerprint density at radius 3 is 2.49 bits per heavy atom. The number of carbonyl (C=O) groups is 1. The van der Waals surface area contributed by atoms with Crippen LogP contribution in [0.4, 0.5) is 5.13 Å². The number of hydrogen-bond donors (Lipinski definition) is 0. The van der Waals surface area contributed by atoms with E-state index in [1.807, 2.05) is 31.2 Å². The van der Waals surface area contributed by atoms with E-state index in [0.717, 1.165) is 21.3 Å². The van der Waals surface area contributed by atoms with E-state index in [0.29, 0.717) is 22.4 Å². The first-order chi connectivity index (χ1) is 16.8. The number of aryl methyl sites for hydroxylation is 1. The molecule has 7 nitrogen and oxygen atoms in total. The van der Waals surface area contributed by atoms with Crippen LogP contribution >= 0.6 is 22.9 Å². The number of benzene rings is 2. The van der Waals surface area contributed by atoms with Crippen molar-refractivity contribution in [2.45, 2.75) is 31.2 Å². The van der Waals surface area contributed by atoms with Gasteiger partial charge in [-0.05, 0) is 73.0 Å². The Balaban J connectivity index is 1.53. The number of aromatic nitrogens is 2. The van der Waals surface area contributed by atoms with E-state index in [4.69, 9.17) is 21.3 Å². The van der Waals surface area contributed by atoms with Gasteiger partial charge in [0.05, 0.1) is 34.5 Å². The molecule has 0 spiro atoms. The van der Waals surface area contributed by atoms with Crippen molar-refractivity contribution in [1.82, 2.24) is 9.97 Å². The third-order valence-corrected chi connectivity index (χ3v) is 8.85. The molecule has 0 bridgehead atoms. The van der Waals surface area contributed by atoms with E-state index in [2.05, 4.69) is 4.98 Å². The molecule has 4 rings (SSSR count). The Morgan fingerprint density at radius 1 is 1.09 bits per heavy atom. The molecule has 1 amide bonds. The van der Waals surface area contributed by atoms with E-state index in [1.165, 1.54) is 30.6 Å². The highest BCUT2D eigenvalue weighted by Crippen LogP contribution is 2.34. The number of ether oxygens (including phenoxy) is 1. The lowest BCUT2D eigenvalue weighted by Gasteiger charge is -2.20. The van der Waals surface area contributed by atoms with Gasteiger partial charge >= 0.3 is 0 Å². The Morgan fingerprint density at radius 2 is 1.80 bits per heavy atom. The molecular formula is C25H24ClN3O4S2. The minimum Gasteiger partial charge on any atom is -0.497 e. The summed E-state index contributed by atoms with van der Waals surface area (Å²) in [6.45, 7) is 2.20. The van der Waals surface area contributed by atoms with Crippen LogP contribution in [0.2, 0.25) is 5.02 Å². The number of fused-ring (bicyclic) bond motifs is 1.